The van der Waals surface area contributed by atoms with E-state index in [9.17, 15) is 9.59 Å². The van der Waals surface area contributed by atoms with Gasteiger partial charge in [0.05, 0.1) is 41.8 Å². The molecule has 2 saturated heterocycles. The smallest absolute Gasteiger partial charge is 0.407 e. The number of ether oxygens (including phenoxy) is 2. The molecule has 9 rings (SSSR count). The molecule has 3 aromatic heterocycles. The highest BCUT2D eigenvalue weighted by Crippen LogP contribution is 2.57. The number of aromatic amines is 1. The van der Waals surface area contributed by atoms with Crippen LogP contribution < -0.4 is 5.32 Å². The van der Waals surface area contributed by atoms with Gasteiger partial charge >= 0.3 is 6.09 Å². The van der Waals surface area contributed by atoms with Crippen LogP contribution in [0.3, 0.4) is 0 Å². The summed E-state index contributed by atoms with van der Waals surface area (Å²) in [6.07, 6.45) is 12.0. The zero-order valence-corrected chi connectivity index (χ0v) is 38.0. The van der Waals surface area contributed by atoms with Gasteiger partial charge in [-0.2, -0.15) is 0 Å². The average Bonchev–Trinajstić information content (AvgIpc) is 4.12. The van der Waals surface area contributed by atoms with Crippen molar-refractivity contribution in [2.75, 3.05) is 27.3 Å². The van der Waals surface area contributed by atoms with Crippen molar-refractivity contribution < 1.29 is 19.1 Å². The summed E-state index contributed by atoms with van der Waals surface area (Å²) in [5.41, 5.74) is 11.5. The van der Waals surface area contributed by atoms with E-state index in [4.69, 9.17) is 24.4 Å². The second-order valence-electron chi connectivity index (χ2n) is 19.4. The molecule has 0 spiro atoms. The molecule has 4 aliphatic rings. The molecule has 13 heteroatoms. The van der Waals surface area contributed by atoms with Gasteiger partial charge in [0.25, 0.3) is 0 Å². The molecule has 322 valence electrons. The van der Waals surface area contributed by atoms with Crippen LogP contribution in [-0.4, -0.2) is 87.7 Å². The molecule has 61 heavy (non-hydrogen) atoms. The fourth-order valence-corrected chi connectivity index (χ4v) is 11.3. The van der Waals surface area contributed by atoms with E-state index in [0.717, 1.165) is 66.6 Å². The number of fused-ring (bicyclic) bond motifs is 6. The lowest BCUT2D eigenvalue weighted by atomic mass is 9.82. The molecule has 3 fully saturated rings. The minimum Gasteiger partial charge on any atom is -0.453 e. The third kappa shape index (κ3) is 7.93. The Labute approximate surface area is 360 Å². The Morgan fingerprint density at radius 2 is 1.62 bits per heavy atom. The Kier molecular flexibility index (Phi) is 11.4. The summed E-state index contributed by atoms with van der Waals surface area (Å²) < 4.78 is 13.6. The van der Waals surface area contributed by atoms with Crippen LogP contribution in [0.1, 0.15) is 112 Å². The monoisotopic (exact) mass is 842 g/mol. The fraction of sp³-hybridized carbons (Fsp3) is 0.521. The molecule has 2 unspecified atom stereocenters. The van der Waals surface area contributed by atoms with E-state index in [2.05, 4.69) is 88.9 Å². The van der Waals surface area contributed by atoms with Gasteiger partial charge in [0.2, 0.25) is 5.91 Å². The minimum atomic E-state index is -1.20. The van der Waals surface area contributed by atoms with Crippen molar-refractivity contribution in [3.8, 4) is 33.6 Å². The number of hydrogen-bond donors (Lipinski definition) is 2. The van der Waals surface area contributed by atoms with E-state index in [1.54, 1.807) is 0 Å². The summed E-state index contributed by atoms with van der Waals surface area (Å²) in [6, 6.07) is 16.7. The number of alkyl carbamates (subject to hydrolysis) is 1. The van der Waals surface area contributed by atoms with Gasteiger partial charge in [0, 0.05) is 56.6 Å². The fourth-order valence-electron chi connectivity index (χ4n) is 10.5. The quantitative estimate of drug-likeness (QED) is 0.0885. The lowest BCUT2D eigenvalue weighted by molar-refractivity contribution is -0.135. The highest BCUT2D eigenvalue weighted by molar-refractivity contribution is 6.76. The second kappa shape index (κ2) is 16.8. The van der Waals surface area contributed by atoms with Crippen LogP contribution in [0, 0.1) is 5.92 Å². The summed E-state index contributed by atoms with van der Waals surface area (Å²) in [5.74, 6) is 2.21. The number of nitrogens with zero attached hydrogens (tertiary/aromatic N) is 6. The Morgan fingerprint density at radius 3 is 2.33 bits per heavy atom. The molecule has 6 heterocycles. The Bertz CT molecular complexity index is 2410. The average molecular weight is 843 g/mol. The largest absolute Gasteiger partial charge is 0.453 e. The van der Waals surface area contributed by atoms with Gasteiger partial charge in [-0.1, -0.05) is 64.5 Å². The molecule has 4 atom stereocenters. The second-order valence-corrected chi connectivity index (χ2v) is 25.0. The van der Waals surface area contributed by atoms with Crippen molar-refractivity contribution in [3.05, 3.63) is 77.6 Å². The first kappa shape index (κ1) is 41.5. The number of rotatable bonds is 13. The number of carbonyl (C=O) groups is 2. The van der Waals surface area contributed by atoms with Gasteiger partial charge in [-0.3, -0.25) is 14.7 Å². The number of benzene rings is 2. The van der Waals surface area contributed by atoms with Gasteiger partial charge in [0.15, 0.2) is 0 Å². The molecule has 2 amide bonds. The molecule has 3 aliphatic heterocycles. The SMILES string of the molecule is COC(=O)N[C@H](C(=O)N1CCC[C@H]1c1ncc(-c2ccc(-c3ccc(-c4ccc5nc(C6CCCC6)n(COCC[Si](C)(C)C)c5c4)c4c3C3CCC4N3C)nc2)[nH]1)C(C)C. The normalized spacial score (nSPS) is 20.9. The first-order valence-electron chi connectivity index (χ1n) is 22.5. The first-order valence-corrected chi connectivity index (χ1v) is 26.2. The lowest BCUT2D eigenvalue weighted by Gasteiger charge is -2.30. The number of carbonyl (C=O) groups excluding carboxylic acids is 2. The number of hydrogen-bond acceptors (Lipinski definition) is 8. The van der Waals surface area contributed by atoms with Crippen molar-refractivity contribution in [3.63, 3.8) is 0 Å². The van der Waals surface area contributed by atoms with Gasteiger partial charge in [-0.25, -0.2) is 14.8 Å². The van der Waals surface area contributed by atoms with Crippen LogP contribution in [-0.2, 0) is 21.0 Å². The lowest BCUT2D eigenvalue weighted by Crippen LogP contribution is -2.51. The number of methoxy groups -OCH3 is 1. The van der Waals surface area contributed by atoms with Gasteiger partial charge in [0.1, 0.15) is 24.4 Å². The molecule has 2 aromatic carbocycles. The van der Waals surface area contributed by atoms with Crippen LogP contribution in [0.4, 0.5) is 4.79 Å². The number of nitrogens with one attached hydrogen (secondary N) is 2. The molecule has 5 aromatic rings. The summed E-state index contributed by atoms with van der Waals surface area (Å²) >= 11 is 0. The van der Waals surface area contributed by atoms with E-state index in [1.807, 2.05) is 31.1 Å². The maximum absolute atomic E-state index is 13.7. The third-order valence-corrected chi connectivity index (χ3v) is 15.6. The van der Waals surface area contributed by atoms with Gasteiger partial charge in [-0.05, 0) is 104 Å². The van der Waals surface area contributed by atoms with E-state index >= 15 is 0 Å². The highest BCUT2D eigenvalue weighted by Gasteiger charge is 2.45. The van der Waals surface area contributed by atoms with Crippen molar-refractivity contribution in [1.82, 2.24) is 39.6 Å². The van der Waals surface area contributed by atoms with Crippen molar-refractivity contribution in [2.24, 2.45) is 5.92 Å². The number of H-pyrrole nitrogens is 1. The molecule has 1 aliphatic carbocycles. The summed E-state index contributed by atoms with van der Waals surface area (Å²) in [4.78, 5) is 48.8. The zero-order chi connectivity index (χ0) is 42.6. The number of amides is 2. The first-order chi connectivity index (χ1) is 29.4. The maximum atomic E-state index is 13.7. The predicted octanol–water partition coefficient (Wildman–Crippen LogP) is 9.99. The Hall–Kier alpha value is -4.85. The number of imidazole rings is 2. The van der Waals surface area contributed by atoms with Crippen LogP contribution in [0.2, 0.25) is 25.7 Å². The summed E-state index contributed by atoms with van der Waals surface area (Å²) in [5, 5.41) is 2.73. The zero-order valence-electron chi connectivity index (χ0n) is 37.0. The van der Waals surface area contributed by atoms with Crippen molar-refractivity contribution >= 4 is 31.1 Å². The molecule has 0 radical (unpaired) electrons. The van der Waals surface area contributed by atoms with Crippen LogP contribution in [0.25, 0.3) is 44.7 Å². The third-order valence-electron chi connectivity index (χ3n) is 13.9. The molecule has 1 saturated carbocycles. The minimum absolute atomic E-state index is 0.0955. The van der Waals surface area contributed by atoms with E-state index in [-0.39, 0.29) is 17.9 Å². The van der Waals surface area contributed by atoms with E-state index in [0.29, 0.717) is 31.3 Å². The van der Waals surface area contributed by atoms with Gasteiger partial charge in [-0.15, -0.1) is 0 Å². The summed E-state index contributed by atoms with van der Waals surface area (Å²) in [6.45, 7) is 13.0. The molecule has 2 bridgehead atoms. The molecule has 2 N–H and O–H groups in total. The maximum Gasteiger partial charge on any atom is 0.407 e. The standard InChI is InChI=1S/C48H62N8O4Si/c1-29(2)44(53-48(58)59-4)47(57)55-22-10-13-40(55)45-50-27-37(51-45)32-15-18-35(49-26-32)34-17-16-33(42-38-20-21-39(43(34)42)54(38)3)31-14-19-36-41(25-31)56(28-60-23-24-61(5,6)7)46(52-36)30-11-8-9-12-30/h14-19,25-27,29-30,38-40,44H,8-13,20-24,28H2,1-7H3,(H,50,51)(H,53,58)/t38?,39?,40-,44-/m0/s1. The summed E-state index contributed by atoms with van der Waals surface area (Å²) in [7, 11) is 2.39. The van der Waals surface area contributed by atoms with Crippen LogP contribution >= 0.6 is 0 Å². The van der Waals surface area contributed by atoms with Gasteiger partial charge < -0.3 is 29.2 Å². The van der Waals surface area contributed by atoms with E-state index in [1.165, 1.54) is 72.0 Å². The predicted molar refractivity (Wildman–Crippen MR) is 242 cm³/mol. The van der Waals surface area contributed by atoms with Crippen LogP contribution in [0.5, 0.6) is 0 Å². The highest BCUT2D eigenvalue weighted by atomic mass is 28.3. The number of aromatic nitrogens is 5. The molecular formula is C48H62N8O4Si. The molecule has 12 nitrogen and oxygen atoms in total. The van der Waals surface area contributed by atoms with E-state index < -0.39 is 20.2 Å². The number of pyridine rings is 1. The molecular weight excluding hydrogens is 781 g/mol. The number of likely N-dealkylation sites (tertiary alicyclic amines) is 1. The van der Waals surface area contributed by atoms with Crippen LogP contribution in [0.15, 0.2) is 54.9 Å². The Morgan fingerprint density at radius 1 is 0.885 bits per heavy atom. The van der Waals surface area contributed by atoms with Crippen molar-refractivity contribution in [1.29, 1.82) is 0 Å². The topological polar surface area (TPSA) is 130 Å². The Balaban J connectivity index is 0.994. The van der Waals surface area contributed by atoms with Crippen molar-refractivity contribution in [2.45, 2.75) is 128 Å².